The summed E-state index contributed by atoms with van der Waals surface area (Å²) in [5, 5.41) is 12.1. The lowest BCUT2D eigenvalue weighted by molar-refractivity contribution is -0.385. The number of nitrogens with zero attached hydrogens (tertiary/aromatic N) is 2. The molecule has 0 aliphatic heterocycles. The van der Waals surface area contributed by atoms with Crippen molar-refractivity contribution < 1.29 is 18.5 Å². The average Bonchev–Trinajstić information content (AvgIpc) is 2.36. The molecule has 0 aliphatic rings. The fourth-order valence-corrected chi connectivity index (χ4v) is 1.26. The zero-order valence-electron chi connectivity index (χ0n) is 9.40. The molecule has 7 nitrogen and oxygen atoms in total. The average molecular weight is 295 g/mol. The first-order valence-electron chi connectivity index (χ1n) is 4.93. The Morgan fingerprint density at radius 3 is 2.79 bits per heavy atom. The summed E-state index contributed by atoms with van der Waals surface area (Å²) in [7, 11) is 0. The van der Waals surface area contributed by atoms with Gasteiger partial charge < -0.3 is 11.1 Å². The molecule has 0 atom stereocenters. The minimum absolute atomic E-state index is 0.320. The van der Waals surface area contributed by atoms with Gasteiger partial charge in [-0.15, -0.1) is 0 Å². The molecule has 1 aromatic rings. The molecule has 0 saturated heterocycles. The topological polar surface area (TPSA) is 111 Å². The van der Waals surface area contributed by atoms with E-state index in [0.717, 1.165) is 12.3 Å². The molecule has 1 rings (SSSR count). The molecule has 0 unspecified atom stereocenters. The van der Waals surface area contributed by atoms with Crippen LogP contribution in [0.15, 0.2) is 12.3 Å². The number of nitrogens with two attached hydrogens (primary N) is 1. The number of pyridine rings is 1. The molecule has 0 bridgehead atoms. The van der Waals surface area contributed by atoms with Crippen molar-refractivity contribution in [3.8, 4) is 0 Å². The zero-order valence-corrected chi connectivity index (χ0v) is 10.2. The number of alkyl halides is 2. The molecule has 0 aliphatic carbocycles. The molecular weight excluding hydrogens is 286 g/mol. The van der Waals surface area contributed by atoms with Crippen molar-refractivity contribution in [3.05, 3.63) is 33.1 Å². The first-order chi connectivity index (χ1) is 8.76. The number of nitrogens with one attached hydrogen (secondary N) is 1. The highest BCUT2D eigenvalue weighted by atomic mass is 35.5. The zero-order chi connectivity index (χ0) is 14.6. The summed E-state index contributed by atoms with van der Waals surface area (Å²) in [5.74, 6) is -4.26. The maximum absolute atomic E-state index is 12.8. The fraction of sp³-hybridized carbons (Fsp3) is 0.333. The van der Waals surface area contributed by atoms with Crippen molar-refractivity contribution in [1.82, 2.24) is 10.3 Å². The second-order valence-electron chi connectivity index (χ2n) is 3.53. The monoisotopic (exact) mass is 294 g/mol. The van der Waals surface area contributed by atoms with Gasteiger partial charge in [-0.2, -0.15) is 0 Å². The van der Waals surface area contributed by atoms with Crippen LogP contribution in [-0.4, -0.2) is 34.8 Å². The number of rotatable bonds is 5. The van der Waals surface area contributed by atoms with Crippen LogP contribution in [0.3, 0.4) is 0 Å². The van der Waals surface area contributed by atoms with Gasteiger partial charge in [0.1, 0.15) is 11.3 Å². The number of carbonyl (C=O) groups excluding carboxylic acids is 1. The SMILES string of the molecule is NCC(F)(F)CNC(=O)c1cc([N+](=O)[O-])cnc1Cl. The van der Waals surface area contributed by atoms with Crippen molar-refractivity contribution in [2.75, 3.05) is 13.1 Å². The second-order valence-corrected chi connectivity index (χ2v) is 3.89. The summed E-state index contributed by atoms with van der Waals surface area (Å²) >= 11 is 5.57. The molecule has 0 fully saturated rings. The molecule has 19 heavy (non-hydrogen) atoms. The highest BCUT2D eigenvalue weighted by molar-refractivity contribution is 6.32. The Bertz CT molecular complexity index is 512. The van der Waals surface area contributed by atoms with Gasteiger partial charge >= 0.3 is 0 Å². The predicted octanol–water partition coefficient (Wildman–Crippen LogP) is 0.967. The van der Waals surface area contributed by atoms with Crippen LogP contribution in [0, 0.1) is 10.1 Å². The summed E-state index contributed by atoms with van der Waals surface area (Å²) in [6, 6.07) is 0.852. The minimum Gasteiger partial charge on any atom is -0.346 e. The minimum atomic E-state index is -3.27. The van der Waals surface area contributed by atoms with E-state index in [4.69, 9.17) is 17.3 Å². The van der Waals surface area contributed by atoms with E-state index in [2.05, 4.69) is 4.98 Å². The lowest BCUT2D eigenvalue weighted by atomic mass is 10.2. The summed E-state index contributed by atoms with van der Waals surface area (Å²) < 4.78 is 25.7. The predicted molar refractivity (Wildman–Crippen MR) is 62.2 cm³/mol. The molecule has 0 radical (unpaired) electrons. The first kappa shape index (κ1) is 15.2. The van der Waals surface area contributed by atoms with Gasteiger partial charge in [0.05, 0.1) is 23.6 Å². The van der Waals surface area contributed by atoms with Crippen LogP contribution in [0.25, 0.3) is 0 Å². The van der Waals surface area contributed by atoms with Gasteiger partial charge in [-0.1, -0.05) is 11.6 Å². The van der Waals surface area contributed by atoms with Crippen LogP contribution in [0.1, 0.15) is 10.4 Å². The van der Waals surface area contributed by atoms with Crippen LogP contribution in [0.5, 0.6) is 0 Å². The van der Waals surface area contributed by atoms with Gasteiger partial charge in [-0.05, 0) is 0 Å². The number of halogens is 3. The molecule has 1 heterocycles. The Labute approximate surface area is 110 Å². The van der Waals surface area contributed by atoms with Crippen LogP contribution < -0.4 is 11.1 Å². The van der Waals surface area contributed by atoms with E-state index in [0.29, 0.717) is 0 Å². The van der Waals surface area contributed by atoms with Gasteiger partial charge in [-0.3, -0.25) is 14.9 Å². The summed E-state index contributed by atoms with van der Waals surface area (Å²) in [5.41, 5.74) is 3.97. The molecule has 1 aromatic heterocycles. The van der Waals surface area contributed by atoms with Gasteiger partial charge in [0.25, 0.3) is 17.5 Å². The Balaban J connectivity index is 2.88. The Hall–Kier alpha value is -1.87. The van der Waals surface area contributed by atoms with Crippen LogP contribution in [-0.2, 0) is 0 Å². The number of carbonyl (C=O) groups is 1. The lowest BCUT2D eigenvalue weighted by Crippen LogP contribution is -2.41. The molecule has 3 N–H and O–H groups in total. The maximum Gasteiger partial charge on any atom is 0.288 e. The first-order valence-corrected chi connectivity index (χ1v) is 5.30. The summed E-state index contributed by atoms with van der Waals surface area (Å²) in [6.45, 7) is -1.93. The second kappa shape index (κ2) is 5.85. The van der Waals surface area contributed by atoms with Crippen molar-refractivity contribution in [2.45, 2.75) is 5.92 Å². The van der Waals surface area contributed by atoms with Gasteiger partial charge in [-0.25, -0.2) is 13.8 Å². The molecule has 0 spiro atoms. The van der Waals surface area contributed by atoms with Gasteiger partial charge in [0, 0.05) is 6.07 Å². The Morgan fingerprint density at radius 1 is 1.63 bits per heavy atom. The van der Waals surface area contributed by atoms with Crippen molar-refractivity contribution >= 4 is 23.2 Å². The highest BCUT2D eigenvalue weighted by Gasteiger charge is 2.28. The van der Waals surface area contributed by atoms with Crippen molar-refractivity contribution in [1.29, 1.82) is 0 Å². The normalized spacial score (nSPS) is 11.2. The third-order valence-corrected chi connectivity index (χ3v) is 2.39. The molecule has 10 heteroatoms. The van der Waals surface area contributed by atoms with Crippen LogP contribution in [0.2, 0.25) is 5.15 Å². The lowest BCUT2D eigenvalue weighted by Gasteiger charge is -2.14. The Morgan fingerprint density at radius 2 is 2.26 bits per heavy atom. The number of aromatic nitrogens is 1. The third kappa shape index (κ3) is 4.07. The molecule has 104 valence electrons. The van der Waals surface area contributed by atoms with E-state index in [-0.39, 0.29) is 10.7 Å². The molecule has 0 saturated carbocycles. The highest BCUT2D eigenvalue weighted by Crippen LogP contribution is 2.19. The summed E-state index contributed by atoms with van der Waals surface area (Å²) in [4.78, 5) is 24.7. The standard InChI is InChI=1S/C9H9ClF2N4O3/c10-7-6(1-5(2-14-7)16(18)19)8(17)15-4-9(11,12)3-13/h1-2H,3-4,13H2,(H,15,17). The molecule has 0 aromatic carbocycles. The number of amides is 1. The Kier molecular flexibility index (Phi) is 4.67. The van der Waals surface area contributed by atoms with Gasteiger partial charge in [0.15, 0.2) is 0 Å². The quantitative estimate of drug-likeness (QED) is 0.477. The third-order valence-electron chi connectivity index (χ3n) is 2.09. The van der Waals surface area contributed by atoms with Crippen LogP contribution in [0.4, 0.5) is 14.5 Å². The number of hydrogen-bond acceptors (Lipinski definition) is 5. The largest absolute Gasteiger partial charge is 0.346 e. The number of hydrogen-bond donors (Lipinski definition) is 2. The maximum atomic E-state index is 12.8. The van der Waals surface area contributed by atoms with Crippen molar-refractivity contribution in [2.24, 2.45) is 5.73 Å². The van der Waals surface area contributed by atoms with Gasteiger partial charge in [0.2, 0.25) is 0 Å². The van der Waals surface area contributed by atoms with E-state index >= 15 is 0 Å². The molecular formula is C9H9ClF2N4O3. The number of nitro groups is 1. The van der Waals surface area contributed by atoms with E-state index in [1.54, 1.807) is 0 Å². The van der Waals surface area contributed by atoms with E-state index in [1.165, 1.54) is 0 Å². The van der Waals surface area contributed by atoms with Crippen LogP contribution >= 0.6 is 11.6 Å². The van der Waals surface area contributed by atoms with E-state index < -0.39 is 35.5 Å². The fourth-order valence-electron chi connectivity index (χ4n) is 1.07. The smallest absolute Gasteiger partial charge is 0.288 e. The summed E-state index contributed by atoms with van der Waals surface area (Å²) in [6.07, 6.45) is 0.855. The van der Waals surface area contributed by atoms with E-state index in [9.17, 15) is 23.7 Å². The van der Waals surface area contributed by atoms with E-state index in [1.807, 2.05) is 5.32 Å². The molecule has 1 amide bonds. The van der Waals surface area contributed by atoms with Crippen molar-refractivity contribution in [3.63, 3.8) is 0 Å².